The van der Waals surface area contributed by atoms with Crippen LogP contribution in [0.3, 0.4) is 0 Å². The second-order valence-electron chi connectivity index (χ2n) is 7.86. The fourth-order valence-electron chi connectivity index (χ4n) is 3.38. The molecule has 1 aromatic carbocycles. The molecule has 1 unspecified atom stereocenters. The van der Waals surface area contributed by atoms with Gasteiger partial charge in [0.15, 0.2) is 5.69 Å². The number of ether oxygens (including phenoxy) is 1. The second-order valence-corrected chi connectivity index (χ2v) is 9.79. The number of methoxy groups -OCH3 is 1. The number of nitrogens with zero attached hydrogens (tertiary/aromatic N) is 3. The summed E-state index contributed by atoms with van der Waals surface area (Å²) >= 11 is 3.15. The number of nitrogens with one attached hydrogen (secondary N) is 3. The molecule has 0 aliphatic rings. The van der Waals surface area contributed by atoms with Crippen LogP contribution in [-0.4, -0.2) is 41.2 Å². The molecule has 10 nitrogen and oxygen atoms in total. The summed E-state index contributed by atoms with van der Waals surface area (Å²) in [5.41, 5.74) is 0.0271. The molecule has 0 radical (unpaired) electrons. The highest BCUT2D eigenvalue weighted by molar-refractivity contribution is 9.10. The van der Waals surface area contributed by atoms with E-state index in [0.717, 1.165) is 5.56 Å². The number of anilines is 4. The van der Waals surface area contributed by atoms with Crippen molar-refractivity contribution in [1.29, 1.82) is 0 Å². The van der Waals surface area contributed by atoms with Crippen LogP contribution in [0.15, 0.2) is 41.1 Å². The van der Waals surface area contributed by atoms with Crippen molar-refractivity contribution in [3.63, 3.8) is 0 Å². The van der Waals surface area contributed by atoms with Crippen LogP contribution in [0.2, 0.25) is 0 Å². The Balaban J connectivity index is 1.90. The van der Waals surface area contributed by atoms with Crippen molar-refractivity contribution in [3.05, 3.63) is 58.0 Å². The van der Waals surface area contributed by atoms with Crippen molar-refractivity contribution in [2.45, 2.75) is 25.4 Å². The second kappa shape index (κ2) is 12.9. The molecule has 1 amide bonds. The molecule has 38 heavy (non-hydrogen) atoms. The highest BCUT2D eigenvalue weighted by atomic mass is 79.9. The molecular weight excluding hydrogens is 592 g/mol. The van der Waals surface area contributed by atoms with Gasteiger partial charge in [0.2, 0.25) is 5.95 Å². The summed E-state index contributed by atoms with van der Waals surface area (Å²) in [4.78, 5) is 34.8. The van der Waals surface area contributed by atoms with Gasteiger partial charge in [0.1, 0.15) is 27.9 Å². The molecule has 0 saturated carbocycles. The first kappa shape index (κ1) is 29.2. The van der Waals surface area contributed by atoms with E-state index in [4.69, 9.17) is 4.74 Å². The van der Waals surface area contributed by atoms with Crippen LogP contribution < -0.4 is 25.6 Å². The van der Waals surface area contributed by atoms with Crippen LogP contribution in [0.25, 0.3) is 0 Å². The first-order valence-electron chi connectivity index (χ1n) is 11.2. The maximum Gasteiger partial charge on any atom is 0.421 e. The lowest BCUT2D eigenvalue weighted by Crippen LogP contribution is -2.21. The highest BCUT2D eigenvalue weighted by Crippen LogP contribution is 2.36. The number of benzene rings is 1. The van der Waals surface area contributed by atoms with Gasteiger partial charge in [0.05, 0.1) is 18.5 Å². The van der Waals surface area contributed by atoms with E-state index in [1.165, 1.54) is 26.3 Å². The van der Waals surface area contributed by atoms with Crippen molar-refractivity contribution in [1.82, 2.24) is 20.3 Å². The van der Waals surface area contributed by atoms with E-state index >= 15 is 0 Å². The summed E-state index contributed by atoms with van der Waals surface area (Å²) in [5, 5.41) is 7.81. The molecule has 0 aliphatic carbocycles. The molecule has 2 heterocycles. The molecule has 0 spiro atoms. The topological polar surface area (TPSA) is 141 Å². The van der Waals surface area contributed by atoms with Crippen LogP contribution in [0, 0.1) is 0 Å². The molecule has 3 rings (SSSR count). The Morgan fingerprint density at radius 2 is 1.87 bits per heavy atom. The molecule has 3 aromatic rings. The van der Waals surface area contributed by atoms with Gasteiger partial charge in [-0.05, 0) is 65.0 Å². The summed E-state index contributed by atoms with van der Waals surface area (Å²) in [6.07, 6.45) is -2.21. The normalized spacial score (nSPS) is 11.6. The van der Waals surface area contributed by atoms with Gasteiger partial charge >= 0.3 is 14.2 Å². The number of amides is 1. The Hall–Kier alpha value is -3.35. The Morgan fingerprint density at radius 1 is 1.13 bits per heavy atom. The fraction of sp³-hybridized carbons (Fsp3) is 0.304. The number of carbonyl (C=O) groups is 1. The first-order chi connectivity index (χ1) is 18.0. The lowest BCUT2D eigenvalue weighted by molar-refractivity contribution is -0.164. The highest BCUT2D eigenvalue weighted by Gasteiger charge is 2.36. The summed E-state index contributed by atoms with van der Waals surface area (Å²) in [5.74, 6) is -0.954. The summed E-state index contributed by atoms with van der Waals surface area (Å²) < 4.78 is 57.6. The molecule has 2 aromatic heterocycles. The number of rotatable bonds is 11. The maximum atomic E-state index is 13.7. The van der Waals surface area contributed by atoms with Crippen LogP contribution in [0.4, 0.5) is 36.3 Å². The van der Waals surface area contributed by atoms with Gasteiger partial charge in [-0.15, -0.1) is 0 Å². The van der Waals surface area contributed by atoms with Gasteiger partial charge < -0.3 is 25.6 Å². The van der Waals surface area contributed by atoms with Crippen molar-refractivity contribution < 1.29 is 32.2 Å². The van der Waals surface area contributed by atoms with E-state index in [9.17, 15) is 27.4 Å². The third-order valence-electron chi connectivity index (χ3n) is 5.22. The monoisotopic (exact) mass is 614 g/mol. The van der Waals surface area contributed by atoms with E-state index < -0.39 is 31.5 Å². The summed E-state index contributed by atoms with van der Waals surface area (Å²) in [7, 11) is 0.400. The van der Waals surface area contributed by atoms with E-state index in [1.807, 2.05) is 0 Å². The summed E-state index contributed by atoms with van der Waals surface area (Å²) in [6, 6.07) is 8.06. The van der Waals surface area contributed by atoms with Gasteiger partial charge in [0, 0.05) is 13.2 Å². The molecule has 0 saturated heterocycles. The van der Waals surface area contributed by atoms with Crippen LogP contribution in [0.5, 0.6) is 5.75 Å². The molecule has 0 aliphatic heterocycles. The van der Waals surface area contributed by atoms with E-state index in [2.05, 4.69) is 46.8 Å². The van der Waals surface area contributed by atoms with Crippen LogP contribution in [-0.2, 0) is 17.2 Å². The van der Waals surface area contributed by atoms with E-state index in [-0.39, 0.29) is 23.5 Å². The van der Waals surface area contributed by atoms with Crippen molar-refractivity contribution in [3.8, 4) is 5.75 Å². The maximum absolute atomic E-state index is 13.7. The number of halogens is 4. The number of aromatic nitrogens is 3. The molecule has 1 atom stereocenters. The largest absolute Gasteiger partial charge is 0.596 e. The van der Waals surface area contributed by atoms with Gasteiger partial charge in [-0.3, -0.25) is 4.79 Å². The standard InChI is InChI=1S/C23H23BrF3N6O4P/c1-28-21(34)19-16(8-9-18(24)32-19)30-20-14(23(25,26)27)12-29-22(33-20)31-15-7-6-13(11-17(15)37-2)5-3-4-10-38(35)36/h6-9,11-12H,3-5,10H2,1-2H3,(H,28,34)(H2,29,30,31,33). The molecule has 0 fully saturated rings. The SMILES string of the molecule is CNC(=O)c1nc(Br)ccc1Nc1nc(Nc2ccc(CCCC[P+](=O)[O-])cc2OC)ncc1C(F)(F)F. The van der Waals surface area contributed by atoms with Crippen LogP contribution in [0.1, 0.15) is 34.5 Å². The quantitative estimate of drug-likeness (QED) is 0.156. The van der Waals surface area contributed by atoms with E-state index in [0.29, 0.717) is 41.5 Å². The predicted molar refractivity (Wildman–Crippen MR) is 137 cm³/mol. The number of aryl methyl sites for hydroxylation is 1. The predicted octanol–water partition coefficient (Wildman–Crippen LogP) is 4.93. The zero-order valence-electron chi connectivity index (χ0n) is 20.2. The number of unbranched alkanes of at least 4 members (excludes halogenated alkanes) is 1. The van der Waals surface area contributed by atoms with E-state index in [1.54, 1.807) is 18.2 Å². The third-order valence-corrected chi connectivity index (χ3v) is 6.34. The number of hydrogen-bond donors (Lipinski definition) is 3. The Bertz CT molecular complexity index is 1330. The Morgan fingerprint density at radius 3 is 2.53 bits per heavy atom. The number of carbonyl (C=O) groups excluding carboxylic acids is 1. The van der Waals surface area contributed by atoms with Crippen molar-refractivity contribution in [2.75, 3.05) is 31.0 Å². The minimum absolute atomic E-state index is 0.00570. The van der Waals surface area contributed by atoms with Crippen LogP contribution >= 0.6 is 24.0 Å². The zero-order valence-corrected chi connectivity index (χ0v) is 22.7. The average molecular weight is 615 g/mol. The molecule has 15 heteroatoms. The molecule has 202 valence electrons. The summed E-state index contributed by atoms with van der Waals surface area (Å²) in [6.45, 7) is 0. The smallest absolute Gasteiger partial charge is 0.421 e. The molecule has 0 bridgehead atoms. The number of alkyl halides is 3. The van der Waals surface area contributed by atoms with Gasteiger partial charge in [-0.1, -0.05) is 10.6 Å². The average Bonchev–Trinajstić information content (AvgIpc) is 2.87. The van der Waals surface area contributed by atoms with Gasteiger partial charge in [0.25, 0.3) is 5.91 Å². The lowest BCUT2D eigenvalue weighted by Gasteiger charge is -2.17. The zero-order chi connectivity index (χ0) is 27.9. The Kier molecular flexibility index (Phi) is 9.95. The van der Waals surface area contributed by atoms with Gasteiger partial charge in [-0.2, -0.15) is 18.2 Å². The minimum atomic E-state index is -4.78. The third kappa shape index (κ3) is 7.83. The lowest BCUT2D eigenvalue weighted by atomic mass is 10.1. The van der Waals surface area contributed by atoms with Crippen molar-refractivity contribution in [2.24, 2.45) is 0 Å². The molecular formula is C23H23BrF3N6O4P. The van der Waals surface area contributed by atoms with Crippen molar-refractivity contribution >= 4 is 53.0 Å². The fourth-order valence-corrected chi connectivity index (χ4v) is 4.18. The first-order valence-corrected chi connectivity index (χ1v) is 13.3. The number of hydrogen-bond acceptors (Lipinski definition) is 9. The molecule has 3 N–H and O–H groups in total. The Labute approximate surface area is 225 Å². The number of pyridine rings is 1. The minimum Gasteiger partial charge on any atom is -0.596 e. The van der Waals surface area contributed by atoms with Gasteiger partial charge in [-0.25, -0.2) is 9.97 Å².